The zero-order valence-electron chi connectivity index (χ0n) is 11.7. The first kappa shape index (κ1) is 14.9. The molecule has 0 aromatic carbocycles. The van der Waals surface area contributed by atoms with Crippen LogP contribution < -0.4 is 4.74 Å². The Morgan fingerprint density at radius 3 is 2.75 bits per heavy atom. The number of halogens is 1. The largest absolute Gasteiger partial charge is 0.490 e. The third-order valence-corrected chi connectivity index (χ3v) is 3.24. The van der Waals surface area contributed by atoms with Gasteiger partial charge >= 0.3 is 6.09 Å². The van der Waals surface area contributed by atoms with Crippen LogP contribution in [0.4, 0.5) is 4.79 Å². The van der Waals surface area contributed by atoms with Gasteiger partial charge in [-0.1, -0.05) is 11.6 Å². The normalized spacial score (nSPS) is 16.3. The van der Waals surface area contributed by atoms with E-state index < -0.39 is 0 Å². The summed E-state index contributed by atoms with van der Waals surface area (Å²) in [4.78, 5) is 17.4. The van der Waals surface area contributed by atoms with Crippen molar-refractivity contribution >= 4 is 17.7 Å². The van der Waals surface area contributed by atoms with Gasteiger partial charge in [-0.25, -0.2) is 9.78 Å². The zero-order chi connectivity index (χ0) is 14.5. The number of carbonyl (C=O) groups is 1. The van der Waals surface area contributed by atoms with E-state index in [0.717, 1.165) is 12.8 Å². The smallest absolute Gasteiger partial charge is 0.410 e. The van der Waals surface area contributed by atoms with Gasteiger partial charge < -0.3 is 14.4 Å². The Kier molecular flexibility index (Phi) is 5.06. The van der Waals surface area contributed by atoms with Crippen molar-refractivity contribution in [3.05, 3.63) is 23.5 Å². The van der Waals surface area contributed by atoms with Gasteiger partial charge in [0.1, 0.15) is 17.0 Å². The summed E-state index contributed by atoms with van der Waals surface area (Å²) in [5.41, 5.74) is 0. The SMILES string of the molecule is CC(C)OC(=O)N1CCC(Oc2ccnc(Cl)c2)CC1. The number of hydrogen-bond donors (Lipinski definition) is 0. The molecule has 0 spiro atoms. The zero-order valence-corrected chi connectivity index (χ0v) is 12.5. The lowest BCUT2D eigenvalue weighted by Gasteiger charge is -2.31. The first-order valence-electron chi connectivity index (χ1n) is 6.78. The summed E-state index contributed by atoms with van der Waals surface area (Å²) >= 11 is 5.82. The number of rotatable bonds is 3. The first-order chi connectivity index (χ1) is 9.54. The molecule has 0 bridgehead atoms. The molecule has 0 saturated carbocycles. The van der Waals surface area contributed by atoms with Crippen molar-refractivity contribution < 1.29 is 14.3 Å². The molecule has 1 fully saturated rings. The van der Waals surface area contributed by atoms with Gasteiger partial charge in [-0.3, -0.25) is 0 Å². The number of carbonyl (C=O) groups excluding carboxylic acids is 1. The Hall–Kier alpha value is -1.49. The standard InChI is InChI=1S/C14H19ClN2O3/c1-10(2)19-14(18)17-7-4-11(5-8-17)20-12-3-6-16-13(15)9-12/h3,6,9-11H,4-5,7-8H2,1-2H3. The van der Waals surface area contributed by atoms with Crippen molar-refractivity contribution in [2.75, 3.05) is 13.1 Å². The Balaban J connectivity index is 1.81. The molecule has 1 aliphatic rings. The average Bonchev–Trinajstić information content (AvgIpc) is 2.38. The molecule has 1 aliphatic heterocycles. The van der Waals surface area contributed by atoms with Crippen molar-refractivity contribution in [3.63, 3.8) is 0 Å². The highest BCUT2D eigenvalue weighted by Crippen LogP contribution is 2.21. The van der Waals surface area contributed by atoms with Crippen LogP contribution in [0, 0.1) is 0 Å². The molecule has 110 valence electrons. The molecule has 2 heterocycles. The van der Waals surface area contributed by atoms with Gasteiger partial charge in [-0.15, -0.1) is 0 Å². The lowest BCUT2D eigenvalue weighted by atomic mass is 10.1. The van der Waals surface area contributed by atoms with Crippen molar-refractivity contribution in [1.82, 2.24) is 9.88 Å². The molecule has 0 unspecified atom stereocenters. The molecule has 0 N–H and O–H groups in total. The molecular formula is C14H19ClN2O3. The van der Waals surface area contributed by atoms with Crippen molar-refractivity contribution in [1.29, 1.82) is 0 Å². The second-order valence-electron chi connectivity index (χ2n) is 5.05. The van der Waals surface area contributed by atoms with E-state index in [1.807, 2.05) is 13.8 Å². The van der Waals surface area contributed by atoms with Gasteiger partial charge in [0.2, 0.25) is 0 Å². The molecule has 0 aliphatic carbocycles. The molecule has 5 nitrogen and oxygen atoms in total. The van der Waals surface area contributed by atoms with E-state index in [4.69, 9.17) is 21.1 Å². The second kappa shape index (κ2) is 6.79. The molecule has 2 rings (SSSR count). The van der Waals surface area contributed by atoms with E-state index in [1.54, 1.807) is 23.2 Å². The Morgan fingerprint density at radius 2 is 2.15 bits per heavy atom. The highest BCUT2D eigenvalue weighted by molar-refractivity contribution is 6.29. The average molecular weight is 299 g/mol. The quantitative estimate of drug-likeness (QED) is 0.805. The van der Waals surface area contributed by atoms with E-state index in [1.165, 1.54) is 0 Å². The van der Waals surface area contributed by atoms with Crippen LogP contribution >= 0.6 is 11.6 Å². The van der Waals surface area contributed by atoms with E-state index in [9.17, 15) is 4.79 Å². The maximum absolute atomic E-state index is 11.8. The third kappa shape index (κ3) is 4.27. The highest BCUT2D eigenvalue weighted by atomic mass is 35.5. The summed E-state index contributed by atoms with van der Waals surface area (Å²) in [5.74, 6) is 0.716. The predicted molar refractivity (Wildman–Crippen MR) is 76.1 cm³/mol. The molecular weight excluding hydrogens is 280 g/mol. The molecule has 0 radical (unpaired) electrons. The number of piperidine rings is 1. The van der Waals surface area contributed by atoms with Crippen LogP contribution in [-0.4, -0.2) is 41.3 Å². The number of nitrogens with zero attached hydrogens (tertiary/aromatic N) is 2. The van der Waals surface area contributed by atoms with Gasteiger partial charge in [0.15, 0.2) is 0 Å². The molecule has 1 aromatic rings. The Labute approximate surface area is 123 Å². The molecule has 0 atom stereocenters. The van der Waals surface area contributed by atoms with E-state index in [2.05, 4.69) is 4.98 Å². The number of likely N-dealkylation sites (tertiary alicyclic amines) is 1. The van der Waals surface area contributed by atoms with Gasteiger partial charge in [-0.2, -0.15) is 0 Å². The summed E-state index contributed by atoms with van der Waals surface area (Å²) in [6, 6.07) is 3.48. The number of aromatic nitrogens is 1. The Bertz CT molecular complexity index is 459. The highest BCUT2D eigenvalue weighted by Gasteiger charge is 2.25. The summed E-state index contributed by atoms with van der Waals surface area (Å²) < 4.78 is 11.0. The summed E-state index contributed by atoms with van der Waals surface area (Å²) in [6.45, 7) is 4.99. The van der Waals surface area contributed by atoms with Gasteiger partial charge in [-0.05, 0) is 19.9 Å². The van der Waals surface area contributed by atoms with Crippen LogP contribution in [0.25, 0.3) is 0 Å². The van der Waals surface area contributed by atoms with E-state index in [0.29, 0.717) is 24.0 Å². The van der Waals surface area contributed by atoms with Gasteiger partial charge in [0, 0.05) is 38.2 Å². The maximum atomic E-state index is 11.8. The van der Waals surface area contributed by atoms with Crippen LogP contribution in [0.3, 0.4) is 0 Å². The lowest BCUT2D eigenvalue weighted by Crippen LogP contribution is -2.42. The number of amides is 1. The number of pyridine rings is 1. The minimum Gasteiger partial charge on any atom is -0.490 e. The van der Waals surface area contributed by atoms with Crippen LogP contribution in [0.5, 0.6) is 5.75 Å². The van der Waals surface area contributed by atoms with Crippen LogP contribution in [-0.2, 0) is 4.74 Å². The summed E-state index contributed by atoms with van der Waals surface area (Å²) in [7, 11) is 0. The number of ether oxygens (including phenoxy) is 2. The van der Waals surface area contributed by atoms with E-state index >= 15 is 0 Å². The fraction of sp³-hybridized carbons (Fsp3) is 0.571. The molecule has 1 aromatic heterocycles. The lowest BCUT2D eigenvalue weighted by molar-refractivity contribution is 0.0517. The predicted octanol–water partition coefficient (Wildman–Crippen LogP) is 3.12. The van der Waals surface area contributed by atoms with Crippen LogP contribution in [0.15, 0.2) is 18.3 Å². The fourth-order valence-electron chi connectivity index (χ4n) is 2.08. The van der Waals surface area contributed by atoms with E-state index in [-0.39, 0.29) is 18.3 Å². The third-order valence-electron chi connectivity index (χ3n) is 3.04. The van der Waals surface area contributed by atoms with Crippen molar-refractivity contribution in [3.8, 4) is 5.75 Å². The molecule has 20 heavy (non-hydrogen) atoms. The van der Waals surface area contributed by atoms with Gasteiger partial charge in [0.05, 0.1) is 6.10 Å². The fourth-order valence-corrected chi connectivity index (χ4v) is 2.25. The minimum absolute atomic E-state index is 0.0876. The first-order valence-corrected chi connectivity index (χ1v) is 7.16. The monoisotopic (exact) mass is 298 g/mol. The molecule has 1 amide bonds. The van der Waals surface area contributed by atoms with Crippen molar-refractivity contribution in [2.45, 2.75) is 38.9 Å². The summed E-state index contributed by atoms with van der Waals surface area (Å²) in [5, 5.41) is 0.417. The second-order valence-corrected chi connectivity index (χ2v) is 5.44. The number of hydrogen-bond acceptors (Lipinski definition) is 4. The minimum atomic E-state index is -0.245. The van der Waals surface area contributed by atoms with Crippen LogP contribution in [0.1, 0.15) is 26.7 Å². The molecule has 1 saturated heterocycles. The summed E-state index contributed by atoms with van der Waals surface area (Å²) in [6.07, 6.45) is 2.95. The molecule has 6 heteroatoms. The van der Waals surface area contributed by atoms with Crippen molar-refractivity contribution in [2.24, 2.45) is 0 Å². The maximum Gasteiger partial charge on any atom is 0.410 e. The van der Waals surface area contributed by atoms with Gasteiger partial charge in [0.25, 0.3) is 0 Å². The topological polar surface area (TPSA) is 51.7 Å². The Morgan fingerprint density at radius 1 is 1.45 bits per heavy atom. The van der Waals surface area contributed by atoms with Crippen LogP contribution in [0.2, 0.25) is 5.15 Å².